The Hall–Kier alpha value is -2.44. The van der Waals surface area contributed by atoms with Gasteiger partial charge in [-0.25, -0.2) is 4.98 Å². The summed E-state index contributed by atoms with van der Waals surface area (Å²) in [6.45, 7) is 1.34. The lowest BCUT2D eigenvalue weighted by Gasteiger charge is -2.40. The lowest BCUT2D eigenvalue weighted by Crippen LogP contribution is -2.48. The van der Waals surface area contributed by atoms with Gasteiger partial charge in [0.2, 0.25) is 0 Å². The van der Waals surface area contributed by atoms with Crippen LogP contribution in [-0.4, -0.2) is 53.2 Å². The summed E-state index contributed by atoms with van der Waals surface area (Å²) in [7, 11) is 3.25. The van der Waals surface area contributed by atoms with Gasteiger partial charge >= 0.3 is 0 Å². The molecule has 3 fully saturated rings. The zero-order valence-corrected chi connectivity index (χ0v) is 21.4. The van der Waals surface area contributed by atoms with Crippen LogP contribution in [0.2, 0.25) is 5.02 Å². The minimum Gasteiger partial charge on any atom is -0.496 e. The van der Waals surface area contributed by atoms with Crippen molar-refractivity contribution in [3.8, 4) is 22.8 Å². The molecule has 2 bridgehead atoms. The van der Waals surface area contributed by atoms with E-state index in [0.29, 0.717) is 22.6 Å². The summed E-state index contributed by atoms with van der Waals surface area (Å²) < 4.78 is 13.0. The van der Waals surface area contributed by atoms with Gasteiger partial charge in [0.15, 0.2) is 0 Å². The molecule has 7 heteroatoms. The SMILES string of the molecule is COc1cc(OC)c(-c2cn3ccc(N[C@H]4C[C@H]5CC[C@@H](C4)N5CC4CCCC4)cc3n2)cc1Cl. The highest BCUT2D eigenvalue weighted by Crippen LogP contribution is 2.40. The van der Waals surface area contributed by atoms with E-state index in [4.69, 9.17) is 26.1 Å². The molecule has 2 saturated heterocycles. The highest BCUT2D eigenvalue weighted by molar-refractivity contribution is 6.32. The van der Waals surface area contributed by atoms with Crippen LogP contribution in [0.3, 0.4) is 0 Å². The van der Waals surface area contributed by atoms with Crippen LogP contribution in [0.5, 0.6) is 11.5 Å². The molecule has 0 spiro atoms. The van der Waals surface area contributed by atoms with Crippen LogP contribution in [0.15, 0.2) is 36.7 Å². The molecule has 2 aliphatic heterocycles. The first-order valence-electron chi connectivity index (χ1n) is 13.0. The van der Waals surface area contributed by atoms with Gasteiger partial charge in [-0.15, -0.1) is 0 Å². The minimum atomic E-state index is 0.532. The van der Waals surface area contributed by atoms with Gasteiger partial charge in [0.05, 0.1) is 24.9 Å². The second kappa shape index (κ2) is 9.55. The van der Waals surface area contributed by atoms with Gasteiger partial charge in [0.25, 0.3) is 0 Å². The molecule has 1 aliphatic carbocycles. The average molecular weight is 495 g/mol. The number of hydrogen-bond acceptors (Lipinski definition) is 5. The van der Waals surface area contributed by atoms with Gasteiger partial charge in [-0.2, -0.15) is 0 Å². The zero-order chi connectivity index (χ0) is 23.9. The van der Waals surface area contributed by atoms with Crippen molar-refractivity contribution >= 4 is 22.9 Å². The number of aromatic nitrogens is 2. The zero-order valence-electron chi connectivity index (χ0n) is 20.7. The molecule has 3 atom stereocenters. The lowest BCUT2D eigenvalue weighted by molar-refractivity contribution is 0.112. The number of benzene rings is 1. The summed E-state index contributed by atoms with van der Waals surface area (Å²) in [4.78, 5) is 7.76. The maximum absolute atomic E-state index is 6.40. The molecule has 4 heterocycles. The Morgan fingerprint density at radius 3 is 2.46 bits per heavy atom. The maximum atomic E-state index is 6.40. The largest absolute Gasteiger partial charge is 0.496 e. The van der Waals surface area contributed by atoms with Crippen molar-refractivity contribution in [2.24, 2.45) is 5.92 Å². The summed E-state index contributed by atoms with van der Waals surface area (Å²) in [6, 6.07) is 10.0. The number of hydrogen-bond donors (Lipinski definition) is 1. The first-order chi connectivity index (χ1) is 17.1. The molecule has 6 rings (SSSR count). The van der Waals surface area contributed by atoms with Gasteiger partial charge in [0.1, 0.15) is 17.1 Å². The van der Waals surface area contributed by atoms with Crippen molar-refractivity contribution < 1.29 is 9.47 Å². The third-order valence-corrected chi connectivity index (χ3v) is 8.70. The van der Waals surface area contributed by atoms with E-state index in [9.17, 15) is 0 Å². The predicted molar refractivity (Wildman–Crippen MR) is 141 cm³/mol. The molecule has 2 aromatic heterocycles. The van der Waals surface area contributed by atoms with E-state index in [1.54, 1.807) is 14.2 Å². The number of anilines is 1. The normalized spacial score (nSPS) is 24.8. The number of fused-ring (bicyclic) bond motifs is 3. The minimum absolute atomic E-state index is 0.532. The lowest BCUT2D eigenvalue weighted by atomic mass is 9.95. The Morgan fingerprint density at radius 2 is 1.74 bits per heavy atom. The first kappa shape index (κ1) is 23.0. The topological polar surface area (TPSA) is 51.0 Å². The van der Waals surface area contributed by atoms with Crippen molar-refractivity contribution in [3.63, 3.8) is 0 Å². The molecular formula is C28H35ClN4O2. The Morgan fingerprint density at radius 1 is 1.00 bits per heavy atom. The number of piperidine rings is 1. The van der Waals surface area contributed by atoms with E-state index in [1.165, 1.54) is 57.9 Å². The number of ether oxygens (including phenoxy) is 2. The predicted octanol–water partition coefficient (Wildman–Crippen LogP) is 6.27. The standard InChI is InChI=1S/C28H35ClN4O2/c1-34-26-15-27(35-2)24(29)14-23(26)25-17-32-10-9-19(13-28(32)31-25)30-20-11-21-7-8-22(12-20)33(21)16-18-5-3-4-6-18/h9-10,13-15,17-18,20-22,30H,3-8,11-12,16H2,1-2H3/t20-,21+,22-. The van der Waals surface area contributed by atoms with Gasteiger partial charge in [-0.1, -0.05) is 24.4 Å². The smallest absolute Gasteiger partial charge is 0.141 e. The van der Waals surface area contributed by atoms with Crippen LogP contribution < -0.4 is 14.8 Å². The maximum Gasteiger partial charge on any atom is 0.141 e. The monoisotopic (exact) mass is 494 g/mol. The summed E-state index contributed by atoms with van der Waals surface area (Å²) >= 11 is 6.40. The van der Waals surface area contributed by atoms with Crippen molar-refractivity contribution in [1.82, 2.24) is 14.3 Å². The van der Waals surface area contributed by atoms with Gasteiger partial charge in [-0.05, 0) is 56.6 Å². The first-order valence-corrected chi connectivity index (χ1v) is 13.4. The molecule has 1 aromatic carbocycles. The molecule has 0 amide bonds. The van der Waals surface area contributed by atoms with E-state index in [-0.39, 0.29) is 0 Å². The fraction of sp³-hybridized carbons (Fsp3) is 0.536. The molecule has 1 saturated carbocycles. The molecule has 35 heavy (non-hydrogen) atoms. The van der Waals surface area contributed by atoms with Crippen LogP contribution in [0.25, 0.3) is 16.9 Å². The molecule has 3 aliphatic rings. The molecule has 186 valence electrons. The summed E-state index contributed by atoms with van der Waals surface area (Å²) in [6.07, 6.45) is 15.1. The average Bonchev–Trinajstić information content (AvgIpc) is 3.58. The van der Waals surface area contributed by atoms with Crippen LogP contribution in [0.1, 0.15) is 51.4 Å². The summed E-state index contributed by atoms with van der Waals surface area (Å²) in [5, 5.41) is 4.38. The van der Waals surface area contributed by atoms with E-state index >= 15 is 0 Å². The molecule has 3 aromatic rings. The fourth-order valence-corrected chi connectivity index (χ4v) is 6.92. The van der Waals surface area contributed by atoms with E-state index in [1.807, 2.05) is 22.7 Å². The number of nitrogens with zero attached hydrogens (tertiary/aromatic N) is 3. The Balaban J connectivity index is 1.18. The Kier molecular flexibility index (Phi) is 6.27. The number of halogens is 1. The van der Waals surface area contributed by atoms with Crippen LogP contribution >= 0.6 is 11.6 Å². The number of methoxy groups -OCH3 is 2. The Bertz CT molecular complexity index is 1190. The summed E-state index contributed by atoms with van der Waals surface area (Å²) in [5.74, 6) is 2.22. The Labute approximate surface area is 212 Å². The third-order valence-electron chi connectivity index (χ3n) is 8.41. The van der Waals surface area contributed by atoms with Crippen molar-refractivity contribution in [2.45, 2.75) is 69.5 Å². The molecule has 0 radical (unpaired) electrons. The quantitative estimate of drug-likeness (QED) is 0.419. The number of rotatable bonds is 7. The van der Waals surface area contributed by atoms with Gasteiger partial charge in [-0.3, -0.25) is 4.90 Å². The van der Waals surface area contributed by atoms with Crippen LogP contribution in [0.4, 0.5) is 5.69 Å². The highest BCUT2D eigenvalue weighted by Gasteiger charge is 2.41. The molecular weight excluding hydrogens is 460 g/mol. The number of nitrogens with one attached hydrogen (secondary N) is 1. The van der Waals surface area contributed by atoms with E-state index in [0.717, 1.165) is 40.6 Å². The van der Waals surface area contributed by atoms with Crippen molar-refractivity contribution in [2.75, 3.05) is 26.1 Å². The van der Waals surface area contributed by atoms with Crippen LogP contribution in [0, 0.1) is 5.92 Å². The highest BCUT2D eigenvalue weighted by atomic mass is 35.5. The van der Waals surface area contributed by atoms with Crippen molar-refractivity contribution in [3.05, 3.63) is 41.7 Å². The van der Waals surface area contributed by atoms with Crippen molar-refractivity contribution in [1.29, 1.82) is 0 Å². The van der Waals surface area contributed by atoms with Gasteiger partial charge < -0.3 is 19.2 Å². The van der Waals surface area contributed by atoms with Gasteiger partial charge in [0, 0.05) is 60.4 Å². The second-order valence-electron chi connectivity index (χ2n) is 10.5. The second-order valence-corrected chi connectivity index (χ2v) is 10.9. The fourth-order valence-electron chi connectivity index (χ4n) is 6.68. The van der Waals surface area contributed by atoms with E-state index in [2.05, 4.69) is 28.5 Å². The van der Waals surface area contributed by atoms with Crippen LogP contribution in [-0.2, 0) is 0 Å². The summed E-state index contributed by atoms with van der Waals surface area (Å²) in [5.41, 5.74) is 3.72. The van der Waals surface area contributed by atoms with E-state index < -0.39 is 0 Å². The number of imidazole rings is 1. The number of pyridine rings is 1. The molecule has 0 unspecified atom stereocenters. The molecule has 1 N–H and O–H groups in total. The molecule has 6 nitrogen and oxygen atoms in total. The third kappa shape index (κ3) is 4.47.